The Kier molecular flexibility index (Phi) is 4.63. The summed E-state index contributed by atoms with van der Waals surface area (Å²) in [7, 11) is 0. The number of aromatic nitrogens is 1. The van der Waals surface area contributed by atoms with Crippen LogP contribution in [0, 0.1) is 0 Å². The molecule has 23 heavy (non-hydrogen) atoms. The van der Waals surface area contributed by atoms with Gasteiger partial charge in [0.2, 0.25) is 5.78 Å². The fourth-order valence-electron chi connectivity index (χ4n) is 2.39. The van der Waals surface area contributed by atoms with Crippen molar-refractivity contribution in [3.05, 3.63) is 27.8 Å². The van der Waals surface area contributed by atoms with Gasteiger partial charge in [-0.3, -0.25) is 4.79 Å². The largest absolute Gasteiger partial charge is 0.455 e. The molecule has 1 aromatic heterocycles. The first-order chi connectivity index (χ1) is 10.9. The van der Waals surface area contributed by atoms with Crippen LogP contribution < -0.4 is 4.74 Å². The first kappa shape index (κ1) is 16.7. The average molecular weight is 407 g/mol. The van der Waals surface area contributed by atoms with Gasteiger partial charge < -0.3 is 29.8 Å². The lowest BCUT2D eigenvalue weighted by Gasteiger charge is -2.34. The van der Waals surface area contributed by atoms with Gasteiger partial charge in [0, 0.05) is 10.7 Å². The molecular weight excluding hydrogens is 394 g/mol. The maximum atomic E-state index is 12.0. The van der Waals surface area contributed by atoms with Gasteiger partial charge in [-0.1, -0.05) is 11.6 Å². The second-order valence-corrected chi connectivity index (χ2v) is 6.31. The second-order valence-electron chi connectivity index (χ2n) is 5.08. The highest BCUT2D eigenvalue weighted by atomic mass is 79.9. The summed E-state index contributed by atoms with van der Waals surface area (Å²) in [4.78, 5) is 15.0. The molecule has 1 saturated heterocycles. The lowest BCUT2D eigenvalue weighted by molar-refractivity contribution is -0.219. The highest BCUT2D eigenvalue weighted by Gasteiger charge is 2.44. The van der Waals surface area contributed by atoms with E-state index in [4.69, 9.17) is 26.2 Å². The van der Waals surface area contributed by atoms with Gasteiger partial charge in [0.1, 0.15) is 24.1 Å². The van der Waals surface area contributed by atoms with E-state index >= 15 is 0 Å². The number of Topliss-reactive ketones (excluding diaryl/α,β-unsaturated/α-hetero) is 1. The fraction of sp³-hybridized carbons (Fsp3) is 0.357. The molecule has 1 unspecified atom stereocenters. The molecule has 7 nitrogen and oxygen atoms in total. The quantitative estimate of drug-likeness (QED) is 0.604. The molecular formula is C14H13BrClNO6. The molecule has 124 valence electrons. The number of ketones is 1. The second kappa shape index (κ2) is 6.39. The number of H-pyrrole nitrogens is 1. The third-order valence-electron chi connectivity index (χ3n) is 3.64. The molecule has 4 atom stereocenters. The average Bonchev–Trinajstić information content (AvgIpc) is 2.95. The van der Waals surface area contributed by atoms with Crippen LogP contribution in [0.2, 0.25) is 5.02 Å². The third-order valence-corrected chi connectivity index (χ3v) is 4.92. The number of aliphatic hydroxyl groups excluding tert-OH is 3. The van der Waals surface area contributed by atoms with Crippen molar-refractivity contribution in [3.8, 4) is 5.75 Å². The van der Waals surface area contributed by atoms with E-state index in [1.54, 1.807) is 12.1 Å². The Hall–Kier alpha value is -1.16. The zero-order chi connectivity index (χ0) is 16.7. The van der Waals surface area contributed by atoms with Crippen molar-refractivity contribution in [1.29, 1.82) is 0 Å². The lowest BCUT2D eigenvalue weighted by Crippen LogP contribution is -2.57. The summed E-state index contributed by atoms with van der Waals surface area (Å²) < 4.78 is 11.4. The van der Waals surface area contributed by atoms with E-state index in [-0.39, 0.29) is 5.75 Å². The van der Waals surface area contributed by atoms with Crippen molar-refractivity contribution in [3.63, 3.8) is 0 Å². The van der Waals surface area contributed by atoms with Crippen LogP contribution in [0.4, 0.5) is 0 Å². The van der Waals surface area contributed by atoms with Crippen LogP contribution in [0.5, 0.6) is 5.75 Å². The third kappa shape index (κ3) is 2.86. The highest BCUT2D eigenvalue weighted by Crippen LogP contribution is 2.37. The molecule has 1 aliphatic rings. The highest BCUT2D eigenvalue weighted by molar-refractivity contribution is 9.10. The van der Waals surface area contributed by atoms with E-state index < -0.39 is 37.0 Å². The number of rotatable bonds is 3. The monoisotopic (exact) mass is 405 g/mol. The Balaban J connectivity index is 1.92. The van der Waals surface area contributed by atoms with Gasteiger partial charge in [0.05, 0.1) is 22.5 Å². The zero-order valence-electron chi connectivity index (χ0n) is 11.6. The number of nitrogens with one attached hydrogen (secondary N) is 1. The maximum absolute atomic E-state index is 12.0. The molecule has 0 bridgehead atoms. The SMILES string of the molecule is O=C1C(Oc2c[nH]c3ccc(Br)c(Cl)c23)O[C@H](CO)[C@H](O)[C@@H]1O. The maximum Gasteiger partial charge on any atom is 0.263 e. The van der Waals surface area contributed by atoms with Crippen molar-refractivity contribution in [2.45, 2.75) is 24.6 Å². The van der Waals surface area contributed by atoms with Crippen LogP contribution >= 0.6 is 27.5 Å². The number of aromatic amines is 1. The molecule has 2 heterocycles. The molecule has 4 N–H and O–H groups in total. The van der Waals surface area contributed by atoms with Crippen LogP contribution in [0.1, 0.15) is 0 Å². The number of carbonyl (C=O) groups excluding carboxylic acids is 1. The molecule has 3 rings (SSSR count). The van der Waals surface area contributed by atoms with E-state index in [2.05, 4.69) is 20.9 Å². The number of fused-ring (bicyclic) bond motifs is 1. The zero-order valence-corrected chi connectivity index (χ0v) is 13.9. The van der Waals surface area contributed by atoms with Gasteiger partial charge in [-0.15, -0.1) is 0 Å². The standard InChI is InChI=1S/C14H13BrClNO6/c15-5-1-2-6-9(10(5)16)7(3-17-6)22-14-13(21)12(20)11(19)8(4-18)23-14/h1-3,8,11-12,14,17-20H,4H2/t8-,11+,12+,14?/m1/s1. The van der Waals surface area contributed by atoms with Crippen LogP contribution in [-0.4, -0.2) is 57.3 Å². The van der Waals surface area contributed by atoms with Crippen molar-refractivity contribution in [2.24, 2.45) is 0 Å². The summed E-state index contributed by atoms with van der Waals surface area (Å²) in [6.07, 6.45) is -4.28. The van der Waals surface area contributed by atoms with Gasteiger partial charge in [-0.05, 0) is 28.1 Å². The fourth-order valence-corrected chi connectivity index (χ4v) is 2.98. The summed E-state index contributed by atoms with van der Waals surface area (Å²) in [5, 5.41) is 29.5. The smallest absolute Gasteiger partial charge is 0.263 e. The van der Waals surface area contributed by atoms with E-state index in [0.717, 1.165) is 0 Å². The molecule has 0 radical (unpaired) electrons. The molecule has 1 fully saturated rings. The Morgan fingerprint density at radius 2 is 2.13 bits per heavy atom. The van der Waals surface area contributed by atoms with Gasteiger partial charge in [-0.25, -0.2) is 0 Å². The van der Waals surface area contributed by atoms with Crippen LogP contribution in [-0.2, 0) is 9.53 Å². The van der Waals surface area contributed by atoms with E-state index in [9.17, 15) is 15.0 Å². The minimum absolute atomic E-state index is 0.255. The lowest BCUT2D eigenvalue weighted by atomic mass is 10.0. The van der Waals surface area contributed by atoms with Crippen molar-refractivity contribution in [1.82, 2.24) is 4.98 Å². The molecule has 0 spiro atoms. The van der Waals surface area contributed by atoms with Gasteiger partial charge in [-0.2, -0.15) is 0 Å². The Morgan fingerprint density at radius 1 is 1.39 bits per heavy atom. The first-order valence-electron chi connectivity index (χ1n) is 6.72. The van der Waals surface area contributed by atoms with E-state index in [1.807, 2.05) is 0 Å². The number of benzene rings is 1. The number of carbonyl (C=O) groups is 1. The minimum Gasteiger partial charge on any atom is -0.455 e. The Bertz CT molecular complexity index is 750. The predicted molar refractivity (Wildman–Crippen MR) is 84.4 cm³/mol. The summed E-state index contributed by atoms with van der Waals surface area (Å²) in [6, 6.07) is 3.53. The van der Waals surface area contributed by atoms with Crippen LogP contribution in [0.15, 0.2) is 22.8 Å². The Labute approximate surface area is 143 Å². The van der Waals surface area contributed by atoms with E-state index in [1.165, 1.54) is 6.20 Å². The van der Waals surface area contributed by atoms with Crippen LogP contribution in [0.25, 0.3) is 10.9 Å². The molecule has 9 heteroatoms. The van der Waals surface area contributed by atoms with Crippen molar-refractivity contribution in [2.75, 3.05) is 6.61 Å². The summed E-state index contributed by atoms with van der Waals surface area (Å²) >= 11 is 9.54. The van der Waals surface area contributed by atoms with Gasteiger partial charge in [0.15, 0.2) is 0 Å². The predicted octanol–water partition coefficient (Wildman–Crippen LogP) is 0.971. The minimum atomic E-state index is -1.70. The molecule has 0 saturated carbocycles. The summed E-state index contributed by atoms with van der Waals surface area (Å²) in [5.74, 6) is -0.576. The number of hydrogen-bond acceptors (Lipinski definition) is 6. The van der Waals surface area contributed by atoms with Crippen molar-refractivity contribution < 1.29 is 29.6 Å². The molecule has 0 amide bonds. The molecule has 0 aliphatic carbocycles. The van der Waals surface area contributed by atoms with E-state index in [0.29, 0.717) is 20.4 Å². The van der Waals surface area contributed by atoms with Gasteiger partial charge >= 0.3 is 0 Å². The normalized spacial score (nSPS) is 28.3. The summed E-state index contributed by atoms with van der Waals surface area (Å²) in [5.41, 5.74) is 0.691. The number of halogens is 2. The molecule has 2 aromatic rings. The number of hydrogen-bond donors (Lipinski definition) is 4. The van der Waals surface area contributed by atoms with Crippen molar-refractivity contribution >= 4 is 44.2 Å². The van der Waals surface area contributed by atoms with Gasteiger partial charge in [0.25, 0.3) is 6.29 Å². The van der Waals surface area contributed by atoms with Crippen LogP contribution in [0.3, 0.4) is 0 Å². The number of ether oxygens (including phenoxy) is 2. The summed E-state index contributed by atoms with van der Waals surface area (Å²) in [6.45, 7) is -0.564. The topological polar surface area (TPSA) is 112 Å². The molecule has 1 aliphatic heterocycles. The number of aliphatic hydroxyl groups is 3. The molecule has 1 aromatic carbocycles. The first-order valence-corrected chi connectivity index (χ1v) is 7.89. The Morgan fingerprint density at radius 3 is 2.83 bits per heavy atom.